The molecule has 0 radical (unpaired) electrons. The second-order valence-electron chi connectivity index (χ2n) is 3.15. The van der Waals surface area contributed by atoms with E-state index < -0.39 is 12.2 Å². The minimum absolute atomic E-state index is 0.479. The molecule has 0 bridgehead atoms. The van der Waals surface area contributed by atoms with Crippen molar-refractivity contribution < 1.29 is 10.2 Å². The number of aliphatic hydroxyl groups excluding tert-OH is 2. The molecule has 2 heteroatoms. The maximum atomic E-state index is 9.38. The molecule has 0 aromatic rings. The van der Waals surface area contributed by atoms with Gasteiger partial charge in [-0.1, -0.05) is 32.3 Å². The van der Waals surface area contributed by atoms with E-state index >= 15 is 0 Å². The fourth-order valence-electron chi connectivity index (χ4n) is 1.12. The minimum atomic E-state index is -0.626. The second-order valence-corrected chi connectivity index (χ2v) is 3.15. The topological polar surface area (TPSA) is 40.5 Å². The molecular weight excluding hydrogens is 152 g/mol. The molecule has 0 saturated carbocycles. The Morgan fingerprint density at radius 2 is 1.92 bits per heavy atom. The summed E-state index contributed by atoms with van der Waals surface area (Å²) in [7, 11) is 0. The van der Waals surface area contributed by atoms with Gasteiger partial charge in [-0.3, -0.25) is 0 Å². The van der Waals surface area contributed by atoms with Crippen molar-refractivity contribution in [2.24, 2.45) is 0 Å². The quantitative estimate of drug-likeness (QED) is 0.454. The van der Waals surface area contributed by atoms with Gasteiger partial charge in [0.15, 0.2) is 0 Å². The molecule has 0 aliphatic carbocycles. The van der Waals surface area contributed by atoms with Crippen molar-refractivity contribution in [3.8, 4) is 0 Å². The van der Waals surface area contributed by atoms with Crippen LogP contribution in [0, 0.1) is 0 Å². The van der Waals surface area contributed by atoms with Gasteiger partial charge < -0.3 is 10.2 Å². The molecule has 0 aromatic carbocycles. The monoisotopic (exact) mass is 172 g/mol. The van der Waals surface area contributed by atoms with Crippen LogP contribution >= 0.6 is 0 Å². The van der Waals surface area contributed by atoms with E-state index in [0.717, 1.165) is 19.3 Å². The Morgan fingerprint density at radius 3 is 2.42 bits per heavy atom. The lowest BCUT2D eigenvalue weighted by atomic mass is 10.0. The first-order valence-electron chi connectivity index (χ1n) is 4.69. The summed E-state index contributed by atoms with van der Waals surface area (Å²) in [5.41, 5.74) is 0. The first kappa shape index (κ1) is 11.7. The molecule has 0 rings (SSSR count). The van der Waals surface area contributed by atoms with E-state index in [9.17, 15) is 10.2 Å². The largest absolute Gasteiger partial charge is 0.390 e. The highest BCUT2D eigenvalue weighted by Gasteiger charge is 2.13. The van der Waals surface area contributed by atoms with Crippen LogP contribution in [0.2, 0.25) is 0 Å². The summed E-state index contributed by atoms with van der Waals surface area (Å²) in [6, 6.07) is 0. The summed E-state index contributed by atoms with van der Waals surface area (Å²) in [6.45, 7) is 5.63. The zero-order chi connectivity index (χ0) is 9.40. The zero-order valence-electron chi connectivity index (χ0n) is 7.87. The maximum Gasteiger partial charge on any atom is 0.0833 e. The molecule has 2 nitrogen and oxygen atoms in total. The van der Waals surface area contributed by atoms with E-state index in [2.05, 4.69) is 13.5 Å². The van der Waals surface area contributed by atoms with Gasteiger partial charge in [0, 0.05) is 0 Å². The van der Waals surface area contributed by atoms with Crippen LogP contribution in [0.1, 0.15) is 39.0 Å². The predicted molar refractivity (Wildman–Crippen MR) is 51.0 cm³/mol. The van der Waals surface area contributed by atoms with Crippen LogP contribution in [0.15, 0.2) is 12.7 Å². The van der Waals surface area contributed by atoms with E-state index in [-0.39, 0.29) is 0 Å². The summed E-state index contributed by atoms with van der Waals surface area (Å²) < 4.78 is 0. The average Bonchev–Trinajstić information content (AvgIpc) is 2.05. The van der Waals surface area contributed by atoms with Crippen molar-refractivity contribution in [1.29, 1.82) is 0 Å². The molecule has 0 spiro atoms. The summed E-state index contributed by atoms with van der Waals surface area (Å²) in [6.07, 6.45) is 4.87. The van der Waals surface area contributed by atoms with Crippen LogP contribution in [0.5, 0.6) is 0 Å². The van der Waals surface area contributed by atoms with Crippen LogP contribution in [0.25, 0.3) is 0 Å². The van der Waals surface area contributed by atoms with Crippen LogP contribution < -0.4 is 0 Å². The highest BCUT2D eigenvalue weighted by Crippen LogP contribution is 2.09. The van der Waals surface area contributed by atoms with Gasteiger partial charge in [0.2, 0.25) is 0 Å². The van der Waals surface area contributed by atoms with Gasteiger partial charge in [-0.05, 0) is 12.8 Å². The van der Waals surface area contributed by atoms with Gasteiger partial charge in [-0.25, -0.2) is 0 Å². The van der Waals surface area contributed by atoms with E-state index in [1.54, 1.807) is 6.08 Å². The van der Waals surface area contributed by atoms with E-state index in [0.29, 0.717) is 12.8 Å². The molecule has 72 valence electrons. The highest BCUT2D eigenvalue weighted by atomic mass is 16.3. The Bertz CT molecular complexity index is 112. The average molecular weight is 172 g/mol. The van der Waals surface area contributed by atoms with Gasteiger partial charge in [0.1, 0.15) is 0 Å². The smallest absolute Gasteiger partial charge is 0.0833 e. The van der Waals surface area contributed by atoms with Crippen molar-refractivity contribution in [3.63, 3.8) is 0 Å². The Labute approximate surface area is 74.9 Å². The van der Waals surface area contributed by atoms with E-state index in [1.807, 2.05) is 0 Å². The second kappa shape index (κ2) is 7.32. The molecular formula is C10H20O2. The molecule has 0 unspecified atom stereocenters. The van der Waals surface area contributed by atoms with Gasteiger partial charge in [-0.2, -0.15) is 0 Å². The highest BCUT2D eigenvalue weighted by molar-refractivity contribution is 4.77. The fraction of sp³-hybridized carbons (Fsp3) is 0.800. The van der Waals surface area contributed by atoms with Gasteiger partial charge in [0.25, 0.3) is 0 Å². The first-order valence-corrected chi connectivity index (χ1v) is 4.69. The predicted octanol–water partition coefficient (Wildman–Crippen LogP) is 1.86. The van der Waals surface area contributed by atoms with Crippen molar-refractivity contribution >= 4 is 0 Å². The SMILES string of the molecule is C=CC[C@H](O)[C@@H](O)CCCCC. The summed E-state index contributed by atoms with van der Waals surface area (Å²) in [5.74, 6) is 0. The lowest BCUT2D eigenvalue weighted by Crippen LogP contribution is -2.24. The van der Waals surface area contributed by atoms with Crippen LogP contribution in [-0.4, -0.2) is 22.4 Å². The molecule has 0 aliphatic rings. The molecule has 2 atom stereocenters. The van der Waals surface area contributed by atoms with E-state index in [4.69, 9.17) is 0 Å². The fourth-order valence-corrected chi connectivity index (χ4v) is 1.12. The number of hydrogen-bond acceptors (Lipinski definition) is 2. The molecule has 0 heterocycles. The number of rotatable bonds is 7. The molecule has 0 amide bonds. The first-order chi connectivity index (χ1) is 5.72. The summed E-state index contributed by atoms with van der Waals surface area (Å²) in [4.78, 5) is 0. The molecule has 0 aromatic heterocycles. The van der Waals surface area contributed by atoms with Crippen LogP contribution in [0.4, 0.5) is 0 Å². The Kier molecular flexibility index (Phi) is 7.11. The Morgan fingerprint density at radius 1 is 1.25 bits per heavy atom. The third-order valence-corrected chi connectivity index (χ3v) is 1.96. The third-order valence-electron chi connectivity index (χ3n) is 1.96. The lowest BCUT2D eigenvalue weighted by Gasteiger charge is -2.15. The summed E-state index contributed by atoms with van der Waals surface area (Å²) in [5, 5.41) is 18.7. The normalized spacial score (nSPS) is 15.6. The van der Waals surface area contributed by atoms with Gasteiger partial charge >= 0.3 is 0 Å². The molecule has 12 heavy (non-hydrogen) atoms. The lowest BCUT2D eigenvalue weighted by molar-refractivity contribution is 0.0154. The molecule has 0 aliphatic heterocycles. The van der Waals surface area contributed by atoms with Crippen LogP contribution in [-0.2, 0) is 0 Å². The number of unbranched alkanes of at least 4 members (excludes halogenated alkanes) is 2. The van der Waals surface area contributed by atoms with Gasteiger partial charge in [-0.15, -0.1) is 6.58 Å². The Hall–Kier alpha value is -0.340. The molecule has 0 saturated heterocycles. The van der Waals surface area contributed by atoms with Crippen molar-refractivity contribution in [2.45, 2.75) is 51.2 Å². The van der Waals surface area contributed by atoms with Crippen molar-refractivity contribution in [1.82, 2.24) is 0 Å². The maximum absolute atomic E-state index is 9.38. The third kappa shape index (κ3) is 5.33. The van der Waals surface area contributed by atoms with Crippen molar-refractivity contribution in [3.05, 3.63) is 12.7 Å². The zero-order valence-corrected chi connectivity index (χ0v) is 7.87. The Balaban J connectivity index is 3.41. The minimum Gasteiger partial charge on any atom is -0.390 e. The summed E-state index contributed by atoms with van der Waals surface area (Å²) >= 11 is 0. The van der Waals surface area contributed by atoms with Crippen LogP contribution in [0.3, 0.4) is 0 Å². The van der Waals surface area contributed by atoms with Crippen molar-refractivity contribution in [2.75, 3.05) is 0 Å². The number of hydrogen-bond donors (Lipinski definition) is 2. The van der Waals surface area contributed by atoms with Gasteiger partial charge in [0.05, 0.1) is 12.2 Å². The molecule has 0 fully saturated rings. The van der Waals surface area contributed by atoms with E-state index in [1.165, 1.54) is 0 Å². The standard InChI is InChI=1S/C10H20O2/c1-3-5-6-8-10(12)9(11)7-4-2/h4,9-12H,2-3,5-8H2,1H3/t9-,10-/m0/s1. The molecule has 2 N–H and O–H groups in total. The number of aliphatic hydroxyl groups is 2.